The summed E-state index contributed by atoms with van der Waals surface area (Å²) in [6.07, 6.45) is -0.666. The number of rotatable bonds is 5. The van der Waals surface area contributed by atoms with Gasteiger partial charge >= 0.3 is 0 Å². The molecule has 8 heteroatoms. The van der Waals surface area contributed by atoms with Crippen molar-refractivity contribution in [2.75, 3.05) is 46.5 Å². The average Bonchev–Trinajstić information content (AvgIpc) is 2.82. The van der Waals surface area contributed by atoms with E-state index in [2.05, 4.69) is 0 Å². The maximum absolute atomic E-state index is 12.8. The summed E-state index contributed by atoms with van der Waals surface area (Å²) in [6.45, 7) is 1.96. The van der Waals surface area contributed by atoms with Gasteiger partial charge in [-0.05, 0) is 36.4 Å². The maximum Gasteiger partial charge on any atom is 0.267 e. The SMILES string of the molecule is COc1ccc(OCC(=O)N2CCN(C(=O)[C@H]3COc4ccccc4O3)CC2)cc1. The minimum Gasteiger partial charge on any atom is -0.497 e. The van der Waals surface area contributed by atoms with E-state index in [0.29, 0.717) is 43.4 Å². The molecule has 8 nitrogen and oxygen atoms in total. The molecule has 4 rings (SSSR count). The second-order valence-corrected chi connectivity index (χ2v) is 7.03. The first kappa shape index (κ1) is 19.9. The van der Waals surface area contributed by atoms with Gasteiger partial charge in [-0.25, -0.2) is 0 Å². The summed E-state index contributed by atoms with van der Waals surface area (Å²) in [7, 11) is 1.59. The van der Waals surface area contributed by atoms with Gasteiger partial charge in [0.2, 0.25) is 6.10 Å². The summed E-state index contributed by atoms with van der Waals surface area (Å²) in [5.74, 6) is 2.33. The van der Waals surface area contributed by atoms with Crippen LogP contribution in [0.5, 0.6) is 23.0 Å². The Hall–Kier alpha value is -3.42. The van der Waals surface area contributed by atoms with E-state index in [1.54, 1.807) is 47.2 Å². The van der Waals surface area contributed by atoms with Crippen LogP contribution in [0.4, 0.5) is 0 Å². The molecule has 2 aromatic carbocycles. The van der Waals surface area contributed by atoms with Crippen LogP contribution in [0.15, 0.2) is 48.5 Å². The third-order valence-corrected chi connectivity index (χ3v) is 5.15. The largest absolute Gasteiger partial charge is 0.497 e. The monoisotopic (exact) mass is 412 g/mol. The normalized spacial score (nSPS) is 18.0. The maximum atomic E-state index is 12.8. The van der Waals surface area contributed by atoms with Gasteiger partial charge in [-0.3, -0.25) is 9.59 Å². The minimum atomic E-state index is -0.666. The summed E-state index contributed by atoms with van der Waals surface area (Å²) in [4.78, 5) is 28.7. The van der Waals surface area contributed by atoms with Crippen molar-refractivity contribution in [3.63, 3.8) is 0 Å². The van der Waals surface area contributed by atoms with Crippen LogP contribution in [-0.4, -0.2) is 74.2 Å². The number of carbonyl (C=O) groups excluding carboxylic acids is 2. The van der Waals surface area contributed by atoms with Crippen LogP contribution in [0.3, 0.4) is 0 Å². The van der Waals surface area contributed by atoms with E-state index in [1.807, 2.05) is 18.2 Å². The van der Waals surface area contributed by atoms with Gasteiger partial charge in [0, 0.05) is 26.2 Å². The molecular formula is C22H24N2O6. The van der Waals surface area contributed by atoms with Crippen molar-refractivity contribution in [1.29, 1.82) is 0 Å². The number of hydrogen-bond acceptors (Lipinski definition) is 6. The number of ether oxygens (including phenoxy) is 4. The molecule has 30 heavy (non-hydrogen) atoms. The molecule has 0 aliphatic carbocycles. The highest BCUT2D eigenvalue weighted by Crippen LogP contribution is 2.31. The summed E-state index contributed by atoms with van der Waals surface area (Å²) in [5, 5.41) is 0. The standard InChI is InChI=1S/C22H24N2O6/c1-27-16-6-8-17(9-7-16)28-15-21(25)23-10-12-24(13-11-23)22(26)20-14-29-18-4-2-3-5-19(18)30-20/h2-9,20H,10-15H2,1H3/t20-/m1/s1. The molecule has 0 saturated carbocycles. The smallest absolute Gasteiger partial charge is 0.267 e. The van der Waals surface area contributed by atoms with E-state index in [0.717, 1.165) is 5.75 Å². The van der Waals surface area contributed by atoms with Crippen LogP contribution in [0.25, 0.3) is 0 Å². The third kappa shape index (κ3) is 4.42. The minimum absolute atomic E-state index is 0.0450. The number of nitrogens with zero attached hydrogens (tertiary/aromatic N) is 2. The lowest BCUT2D eigenvalue weighted by Crippen LogP contribution is -2.55. The number of amides is 2. The van der Waals surface area contributed by atoms with Gasteiger partial charge in [0.25, 0.3) is 11.8 Å². The van der Waals surface area contributed by atoms with Gasteiger partial charge in [-0.2, -0.15) is 0 Å². The first-order valence-electron chi connectivity index (χ1n) is 9.86. The van der Waals surface area contributed by atoms with Crippen molar-refractivity contribution in [2.24, 2.45) is 0 Å². The molecule has 1 saturated heterocycles. The van der Waals surface area contributed by atoms with Crippen LogP contribution in [0, 0.1) is 0 Å². The van der Waals surface area contributed by atoms with E-state index in [9.17, 15) is 9.59 Å². The Labute approximate surface area is 174 Å². The number of para-hydroxylation sites is 2. The number of fused-ring (bicyclic) bond motifs is 1. The summed E-state index contributed by atoms with van der Waals surface area (Å²) in [6, 6.07) is 14.4. The van der Waals surface area contributed by atoms with Gasteiger partial charge < -0.3 is 28.7 Å². The zero-order valence-corrected chi connectivity index (χ0v) is 16.8. The van der Waals surface area contributed by atoms with E-state index in [1.165, 1.54) is 0 Å². The molecule has 0 bridgehead atoms. The lowest BCUT2D eigenvalue weighted by Gasteiger charge is -2.37. The number of methoxy groups -OCH3 is 1. The van der Waals surface area contributed by atoms with Crippen molar-refractivity contribution < 1.29 is 28.5 Å². The quantitative estimate of drug-likeness (QED) is 0.742. The van der Waals surface area contributed by atoms with Crippen LogP contribution in [0.1, 0.15) is 0 Å². The van der Waals surface area contributed by atoms with E-state index in [4.69, 9.17) is 18.9 Å². The Morgan fingerprint density at radius 2 is 1.57 bits per heavy atom. The summed E-state index contributed by atoms with van der Waals surface area (Å²) in [5.41, 5.74) is 0. The Kier molecular flexibility index (Phi) is 5.92. The predicted molar refractivity (Wildman–Crippen MR) is 108 cm³/mol. The van der Waals surface area contributed by atoms with Crippen LogP contribution in [-0.2, 0) is 9.59 Å². The Bertz CT molecular complexity index is 893. The molecule has 158 valence electrons. The predicted octanol–water partition coefficient (Wildman–Crippen LogP) is 1.58. The highest BCUT2D eigenvalue weighted by Gasteiger charge is 2.33. The second kappa shape index (κ2) is 8.94. The van der Waals surface area contributed by atoms with Gasteiger partial charge in [0.15, 0.2) is 18.1 Å². The number of piperazine rings is 1. The topological polar surface area (TPSA) is 77.5 Å². The Balaban J connectivity index is 1.24. The summed E-state index contributed by atoms with van der Waals surface area (Å²) >= 11 is 0. The molecule has 2 aromatic rings. The highest BCUT2D eigenvalue weighted by atomic mass is 16.6. The van der Waals surface area contributed by atoms with E-state index in [-0.39, 0.29) is 25.0 Å². The molecule has 0 unspecified atom stereocenters. The molecule has 2 heterocycles. The lowest BCUT2D eigenvalue weighted by molar-refractivity contribution is -0.146. The van der Waals surface area contributed by atoms with Crippen molar-refractivity contribution >= 4 is 11.8 Å². The van der Waals surface area contributed by atoms with Crippen LogP contribution in [0.2, 0.25) is 0 Å². The second-order valence-electron chi connectivity index (χ2n) is 7.03. The molecule has 2 aliphatic heterocycles. The molecule has 2 aliphatic rings. The Morgan fingerprint density at radius 3 is 2.27 bits per heavy atom. The average molecular weight is 412 g/mol. The molecule has 0 radical (unpaired) electrons. The van der Waals surface area contributed by atoms with Crippen LogP contribution >= 0.6 is 0 Å². The first-order valence-corrected chi connectivity index (χ1v) is 9.86. The van der Waals surface area contributed by atoms with Crippen molar-refractivity contribution in [2.45, 2.75) is 6.10 Å². The first-order chi connectivity index (χ1) is 14.6. The van der Waals surface area contributed by atoms with Gasteiger partial charge in [-0.1, -0.05) is 12.1 Å². The fourth-order valence-electron chi connectivity index (χ4n) is 3.43. The van der Waals surface area contributed by atoms with E-state index < -0.39 is 6.10 Å². The fraction of sp³-hybridized carbons (Fsp3) is 0.364. The van der Waals surface area contributed by atoms with Crippen molar-refractivity contribution in [3.05, 3.63) is 48.5 Å². The van der Waals surface area contributed by atoms with E-state index >= 15 is 0 Å². The zero-order chi connectivity index (χ0) is 20.9. The summed E-state index contributed by atoms with van der Waals surface area (Å²) < 4.78 is 22.1. The molecule has 1 fully saturated rings. The fourth-order valence-corrected chi connectivity index (χ4v) is 3.43. The number of benzene rings is 2. The van der Waals surface area contributed by atoms with Crippen molar-refractivity contribution in [3.8, 4) is 23.0 Å². The van der Waals surface area contributed by atoms with Crippen LogP contribution < -0.4 is 18.9 Å². The molecule has 2 amide bonds. The third-order valence-electron chi connectivity index (χ3n) is 5.15. The lowest BCUT2D eigenvalue weighted by atomic mass is 10.2. The van der Waals surface area contributed by atoms with Gasteiger partial charge in [0.05, 0.1) is 7.11 Å². The van der Waals surface area contributed by atoms with Gasteiger partial charge in [0.1, 0.15) is 18.1 Å². The molecular weight excluding hydrogens is 388 g/mol. The molecule has 0 aromatic heterocycles. The van der Waals surface area contributed by atoms with Gasteiger partial charge in [-0.15, -0.1) is 0 Å². The Morgan fingerprint density at radius 1 is 0.933 bits per heavy atom. The molecule has 1 atom stereocenters. The number of hydrogen-bond donors (Lipinski definition) is 0. The number of carbonyl (C=O) groups is 2. The molecule has 0 N–H and O–H groups in total. The molecule has 0 spiro atoms. The highest BCUT2D eigenvalue weighted by molar-refractivity contribution is 5.83. The zero-order valence-electron chi connectivity index (χ0n) is 16.8. The van der Waals surface area contributed by atoms with Crippen molar-refractivity contribution in [1.82, 2.24) is 9.80 Å².